The SMILES string of the molecule is COC(=O)c1cc(C(=O)CBr)c(C)s1. The van der Waals surface area contributed by atoms with Gasteiger partial charge in [-0.15, -0.1) is 11.3 Å². The number of ketones is 1. The number of carbonyl (C=O) groups excluding carboxylic acids is 2. The van der Waals surface area contributed by atoms with E-state index in [2.05, 4.69) is 20.7 Å². The van der Waals surface area contributed by atoms with Gasteiger partial charge in [-0.05, 0) is 13.0 Å². The van der Waals surface area contributed by atoms with Crippen LogP contribution in [0.25, 0.3) is 0 Å². The maximum atomic E-state index is 11.4. The number of aryl methyl sites for hydroxylation is 1. The van der Waals surface area contributed by atoms with Crippen molar-refractivity contribution in [2.45, 2.75) is 6.92 Å². The van der Waals surface area contributed by atoms with Crippen LogP contribution in [0.5, 0.6) is 0 Å². The molecule has 5 heteroatoms. The van der Waals surface area contributed by atoms with Gasteiger partial charge in [-0.25, -0.2) is 4.79 Å². The van der Waals surface area contributed by atoms with E-state index in [0.717, 1.165) is 4.88 Å². The maximum absolute atomic E-state index is 11.4. The number of carbonyl (C=O) groups is 2. The summed E-state index contributed by atoms with van der Waals surface area (Å²) in [6.45, 7) is 1.81. The summed E-state index contributed by atoms with van der Waals surface area (Å²) in [6, 6.07) is 1.58. The molecule has 1 rings (SSSR count). The highest BCUT2D eigenvalue weighted by atomic mass is 79.9. The number of hydrogen-bond donors (Lipinski definition) is 0. The summed E-state index contributed by atoms with van der Waals surface area (Å²) >= 11 is 4.36. The first-order valence-corrected chi connectivity index (χ1v) is 5.81. The minimum atomic E-state index is -0.397. The monoisotopic (exact) mass is 276 g/mol. The van der Waals surface area contributed by atoms with Crippen molar-refractivity contribution >= 4 is 39.0 Å². The molecule has 0 amide bonds. The molecule has 0 spiro atoms. The molecule has 0 radical (unpaired) electrons. The molecule has 0 aromatic carbocycles. The zero-order valence-corrected chi connectivity index (χ0v) is 10.2. The Labute approximate surface area is 94.2 Å². The summed E-state index contributed by atoms with van der Waals surface area (Å²) < 4.78 is 4.57. The molecule has 0 unspecified atom stereocenters. The van der Waals surface area contributed by atoms with Crippen LogP contribution in [-0.2, 0) is 4.74 Å². The van der Waals surface area contributed by atoms with E-state index in [9.17, 15) is 9.59 Å². The largest absolute Gasteiger partial charge is 0.465 e. The first-order valence-electron chi connectivity index (χ1n) is 3.88. The van der Waals surface area contributed by atoms with E-state index in [0.29, 0.717) is 10.4 Å². The van der Waals surface area contributed by atoms with Crippen LogP contribution in [0.3, 0.4) is 0 Å². The topological polar surface area (TPSA) is 43.4 Å². The van der Waals surface area contributed by atoms with Crippen molar-refractivity contribution in [3.05, 3.63) is 21.4 Å². The van der Waals surface area contributed by atoms with E-state index in [1.807, 2.05) is 6.92 Å². The minimum Gasteiger partial charge on any atom is -0.465 e. The Bertz CT molecular complexity index is 370. The molecule has 14 heavy (non-hydrogen) atoms. The van der Waals surface area contributed by atoms with Gasteiger partial charge in [-0.1, -0.05) is 15.9 Å². The Hall–Kier alpha value is -0.680. The number of Topliss-reactive ketones (excluding diaryl/α,β-unsaturated/α-hetero) is 1. The molecule has 0 saturated heterocycles. The van der Waals surface area contributed by atoms with Crippen LogP contribution >= 0.6 is 27.3 Å². The molecule has 0 aliphatic heterocycles. The second-order valence-corrected chi connectivity index (χ2v) is 4.45. The zero-order chi connectivity index (χ0) is 10.7. The fraction of sp³-hybridized carbons (Fsp3) is 0.333. The molecule has 0 aliphatic rings. The first kappa shape index (κ1) is 11.4. The highest BCUT2D eigenvalue weighted by Gasteiger charge is 2.16. The highest BCUT2D eigenvalue weighted by Crippen LogP contribution is 2.23. The Balaban J connectivity index is 3.05. The van der Waals surface area contributed by atoms with E-state index in [1.165, 1.54) is 18.4 Å². The quantitative estimate of drug-likeness (QED) is 0.484. The van der Waals surface area contributed by atoms with Gasteiger partial charge >= 0.3 is 5.97 Å². The lowest BCUT2D eigenvalue weighted by Crippen LogP contribution is -2.00. The molecule has 1 aromatic heterocycles. The standard InChI is InChI=1S/C9H9BrO3S/c1-5-6(7(11)4-10)3-8(14-5)9(12)13-2/h3H,4H2,1-2H3. The van der Waals surface area contributed by atoms with Crippen molar-refractivity contribution in [2.75, 3.05) is 12.4 Å². The summed E-state index contributed by atoms with van der Waals surface area (Å²) in [7, 11) is 1.32. The van der Waals surface area contributed by atoms with Crippen molar-refractivity contribution in [2.24, 2.45) is 0 Å². The van der Waals surface area contributed by atoms with Crippen LogP contribution in [0.4, 0.5) is 0 Å². The molecule has 0 aliphatic carbocycles. The lowest BCUT2D eigenvalue weighted by Gasteiger charge is -1.92. The Kier molecular flexibility index (Phi) is 3.83. The van der Waals surface area contributed by atoms with Crippen molar-refractivity contribution in [1.29, 1.82) is 0 Å². The number of halogens is 1. The third kappa shape index (κ3) is 2.22. The second-order valence-electron chi connectivity index (χ2n) is 2.63. The molecular formula is C9H9BrO3S. The minimum absolute atomic E-state index is 0.0195. The van der Waals surface area contributed by atoms with Gasteiger partial charge in [-0.2, -0.15) is 0 Å². The molecule has 0 bridgehead atoms. The van der Waals surface area contributed by atoms with Gasteiger partial charge in [0.1, 0.15) is 4.88 Å². The average molecular weight is 277 g/mol. The van der Waals surface area contributed by atoms with Gasteiger partial charge < -0.3 is 4.74 Å². The van der Waals surface area contributed by atoms with Gasteiger partial charge in [-0.3, -0.25) is 4.79 Å². The summed E-state index contributed by atoms with van der Waals surface area (Å²) in [5, 5.41) is 0.269. The van der Waals surface area contributed by atoms with Gasteiger partial charge in [0, 0.05) is 10.4 Å². The smallest absolute Gasteiger partial charge is 0.348 e. The van der Waals surface area contributed by atoms with Crippen LogP contribution in [0.2, 0.25) is 0 Å². The highest BCUT2D eigenvalue weighted by molar-refractivity contribution is 9.09. The first-order chi connectivity index (χ1) is 6.60. The number of rotatable bonds is 3. The molecule has 0 atom stereocenters. The summed E-state index contributed by atoms with van der Waals surface area (Å²) in [5.41, 5.74) is 0.590. The number of esters is 1. The van der Waals surface area contributed by atoms with Crippen LogP contribution in [-0.4, -0.2) is 24.2 Å². The molecular weight excluding hydrogens is 268 g/mol. The van der Waals surface area contributed by atoms with E-state index < -0.39 is 5.97 Å². The molecule has 0 fully saturated rings. The third-order valence-electron chi connectivity index (χ3n) is 1.73. The van der Waals surface area contributed by atoms with Crippen LogP contribution < -0.4 is 0 Å². The Morgan fingerprint density at radius 2 is 2.21 bits per heavy atom. The maximum Gasteiger partial charge on any atom is 0.348 e. The van der Waals surface area contributed by atoms with Crippen molar-refractivity contribution < 1.29 is 14.3 Å². The van der Waals surface area contributed by atoms with Crippen molar-refractivity contribution in [3.8, 4) is 0 Å². The Morgan fingerprint density at radius 3 is 2.71 bits per heavy atom. The van der Waals surface area contributed by atoms with Crippen LogP contribution in [0.1, 0.15) is 24.9 Å². The predicted octanol–water partition coefficient (Wildman–Crippen LogP) is 2.42. The summed E-state index contributed by atoms with van der Waals surface area (Å²) in [4.78, 5) is 23.8. The molecule has 0 N–H and O–H groups in total. The molecule has 0 saturated carbocycles. The fourth-order valence-corrected chi connectivity index (χ4v) is 2.29. The fourth-order valence-electron chi connectivity index (χ4n) is 1.03. The molecule has 1 aromatic rings. The number of alkyl halides is 1. The van der Waals surface area contributed by atoms with Crippen LogP contribution in [0.15, 0.2) is 6.07 Å². The molecule has 3 nitrogen and oxygen atoms in total. The predicted molar refractivity (Wildman–Crippen MR) is 58.5 cm³/mol. The van der Waals surface area contributed by atoms with E-state index in [1.54, 1.807) is 6.07 Å². The van der Waals surface area contributed by atoms with Gasteiger partial charge in [0.25, 0.3) is 0 Å². The number of hydrogen-bond acceptors (Lipinski definition) is 4. The van der Waals surface area contributed by atoms with Gasteiger partial charge in [0.2, 0.25) is 0 Å². The van der Waals surface area contributed by atoms with Crippen molar-refractivity contribution in [3.63, 3.8) is 0 Å². The van der Waals surface area contributed by atoms with E-state index in [4.69, 9.17) is 0 Å². The Morgan fingerprint density at radius 1 is 1.57 bits per heavy atom. The van der Waals surface area contributed by atoms with Gasteiger partial charge in [0.15, 0.2) is 5.78 Å². The lowest BCUT2D eigenvalue weighted by atomic mass is 10.2. The molecule has 76 valence electrons. The molecule has 1 heterocycles. The number of ether oxygens (including phenoxy) is 1. The summed E-state index contributed by atoms with van der Waals surface area (Å²) in [6.07, 6.45) is 0. The summed E-state index contributed by atoms with van der Waals surface area (Å²) in [5.74, 6) is -0.416. The normalized spacial score (nSPS) is 9.93. The second kappa shape index (κ2) is 4.70. The number of methoxy groups -OCH3 is 1. The zero-order valence-electron chi connectivity index (χ0n) is 7.80. The third-order valence-corrected chi connectivity index (χ3v) is 3.27. The number of thiophene rings is 1. The van der Waals surface area contributed by atoms with Gasteiger partial charge in [0.05, 0.1) is 12.4 Å². The van der Waals surface area contributed by atoms with Crippen molar-refractivity contribution in [1.82, 2.24) is 0 Å². The lowest BCUT2D eigenvalue weighted by molar-refractivity contribution is 0.0606. The van der Waals surface area contributed by atoms with Crippen LogP contribution in [0, 0.1) is 6.92 Å². The van der Waals surface area contributed by atoms with E-state index in [-0.39, 0.29) is 11.1 Å². The van der Waals surface area contributed by atoms with E-state index >= 15 is 0 Å². The average Bonchev–Trinajstić information content (AvgIpc) is 2.58.